The molecular formula is C17H16N4O2S. The molecule has 0 bridgehead atoms. The number of amides is 2. The number of benzene rings is 2. The molecule has 0 atom stereocenters. The Morgan fingerprint density at radius 3 is 2.71 bits per heavy atom. The Morgan fingerprint density at radius 1 is 1.08 bits per heavy atom. The zero-order valence-corrected chi connectivity index (χ0v) is 14.1. The lowest BCUT2D eigenvalue weighted by Crippen LogP contribution is -2.19. The van der Waals surface area contributed by atoms with Crippen LogP contribution in [0.2, 0.25) is 0 Å². The van der Waals surface area contributed by atoms with Crippen LogP contribution in [0.4, 0.5) is 15.6 Å². The van der Waals surface area contributed by atoms with Crippen LogP contribution < -0.4 is 15.4 Å². The maximum absolute atomic E-state index is 12.1. The van der Waals surface area contributed by atoms with E-state index in [1.807, 2.05) is 37.3 Å². The highest BCUT2D eigenvalue weighted by Gasteiger charge is 2.10. The first-order chi connectivity index (χ1) is 11.6. The summed E-state index contributed by atoms with van der Waals surface area (Å²) in [6.07, 6.45) is 0. The van der Waals surface area contributed by atoms with Crippen molar-refractivity contribution >= 4 is 28.2 Å². The summed E-state index contributed by atoms with van der Waals surface area (Å²) in [5.41, 5.74) is 2.76. The molecule has 0 fully saturated rings. The Hall–Kier alpha value is -2.93. The van der Waals surface area contributed by atoms with Gasteiger partial charge in [0.25, 0.3) is 0 Å². The van der Waals surface area contributed by atoms with Crippen LogP contribution in [-0.2, 0) is 0 Å². The molecule has 0 aliphatic carbocycles. The number of rotatable bonds is 4. The molecule has 24 heavy (non-hydrogen) atoms. The summed E-state index contributed by atoms with van der Waals surface area (Å²) in [6.45, 7) is 2.02. The molecule has 2 N–H and O–H groups in total. The second kappa shape index (κ2) is 7.10. The Morgan fingerprint density at radius 2 is 1.92 bits per heavy atom. The van der Waals surface area contributed by atoms with Crippen LogP contribution in [0.3, 0.4) is 0 Å². The van der Waals surface area contributed by atoms with Crippen molar-refractivity contribution in [2.24, 2.45) is 0 Å². The summed E-state index contributed by atoms with van der Waals surface area (Å²) in [6, 6.07) is 14.7. The normalized spacial score (nSPS) is 10.2. The minimum atomic E-state index is -0.379. The van der Waals surface area contributed by atoms with Crippen molar-refractivity contribution in [2.45, 2.75) is 6.92 Å². The molecule has 3 rings (SSSR count). The van der Waals surface area contributed by atoms with Gasteiger partial charge in [-0.15, -0.1) is 10.2 Å². The van der Waals surface area contributed by atoms with Crippen molar-refractivity contribution in [3.8, 4) is 16.3 Å². The van der Waals surface area contributed by atoms with E-state index in [2.05, 4.69) is 20.8 Å². The Balaban J connectivity index is 1.67. The van der Waals surface area contributed by atoms with Gasteiger partial charge in [0.2, 0.25) is 5.13 Å². The predicted octanol–water partition coefficient (Wildman–Crippen LogP) is 4.17. The average molecular weight is 340 g/mol. The van der Waals surface area contributed by atoms with Crippen LogP contribution in [0.15, 0.2) is 48.5 Å². The number of methoxy groups -OCH3 is 1. The zero-order valence-electron chi connectivity index (χ0n) is 13.2. The molecule has 2 aromatic carbocycles. The largest absolute Gasteiger partial charge is 0.497 e. The Kier molecular flexibility index (Phi) is 4.72. The third-order valence-corrected chi connectivity index (χ3v) is 4.13. The van der Waals surface area contributed by atoms with Gasteiger partial charge in [0.1, 0.15) is 10.8 Å². The number of nitrogens with zero attached hydrogens (tertiary/aromatic N) is 2. The molecule has 2 amide bonds. The summed E-state index contributed by atoms with van der Waals surface area (Å²) in [5.74, 6) is 0.672. The van der Waals surface area contributed by atoms with Crippen molar-refractivity contribution in [3.63, 3.8) is 0 Å². The fourth-order valence-corrected chi connectivity index (χ4v) is 2.86. The highest BCUT2D eigenvalue weighted by Crippen LogP contribution is 2.27. The van der Waals surface area contributed by atoms with Gasteiger partial charge < -0.3 is 10.1 Å². The van der Waals surface area contributed by atoms with E-state index >= 15 is 0 Å². The van der Waals surface area contributed by atoms with Crippen molar-refractivity contribution in [1.29, 1.82) is 0 Å². The predicted molar refractivity (Wildman–Crippen MR) is 95.7 cm³/mol. The quantitative estimate of drug-likeness (QED) is 0.747. The summed E-state index contributed by atoms with van der Waals surface area (Å²) in [7, 11) is 1.58. The van der Waals surface area contributed by atoms with Gasteiger partial charge in [-0.2, -0.15) is 0 Å². The lowest BCUT2D eigenvalue weighted by atomic mass is 10.1. The van der Waals surface area contributed by atoms with Crippen molar-refractivity contribution in [2.75, 3.05) is 17.7 Å². The molecule has 6 nitrogen and oxygen atoms in total. The van der Waals surface area contributed by atoms with Crippen molar-refractivity contribution in [3.05, 3.63) is 54.1 Å². The van der Waals surface area contributed by atoms with E-state index in [-0.39, 0.29) is 6.03 Å². The first-order valence-corrected chi connectivity index (χ1v) is 8.08. The van der Waals surface area contributed by atoms with E-state index in [0.717, 1.165) is 16.1 Å². The summed E-state index contributed by atoms with van der Waals surface area (Å²) < 4.78 is 5.12. The molecule has 0 aliphatic rings. The lowest BCUT2D eigenvalue weighted by Gasteiger charge is -2.06. The average Bonchev–Trinajstić information content (AvgIpc) is 3.03. The van der Waals surface area contributed by atoms with Gasteiger partial charge in [0, 0.05) is 17.3 Å². The minimum absolute atomic E-state index is 0.379. The number of aryl methyl sites for hydroxylation is 1. The molecular weight excluding hydrogens is 324 g/mol. The number of carbonyl (C=O) groups excluding carboxylic acids is 1. The summed E-state index contributed by atoms with van der Waals surface area (Å²) in [5, 5.41) is 14.7. The molecule has 0 saturated heterocycles. The zero-order chi connectivity index (χ0) is 16.9. The molecule has 1 aromatic heterocycles. The Labute approximate surface area is 143 Å². The van der Waals surface area contributed by atoms with Gasteiger partial charge in [-0.05, 0) is 25.1 Å². The van der Waals surface area contributed by atoms with Gasteiger partial charge in [-0.25, -0.2) is 4.79 Å². The van der Waals surface area contributed by atoms with E-state index < -0.39 is 0 Å². The number of hydrogen-bond donors (Lipinski definition) is 2. The van der Waals surface area contributed by atoms with E-state index in [1.165, 1.54) is 11.3 Å². The second-order valence-electron chi connectivity index (χ2n) is 5.09. The van der Waals surface area contributed by atoms with Gasteiger partial charge in [0.05, 0.1) is 7.11 Å². The highest BCUT2D eigenvalue weighted by atomic mass is 32.1. The molecule has 0 aliphatic heterocycles. The van der Waals surface area contributed by atoms with Gasteiger partial charge in [0.15, 0.2) is 0 Å². The van der Waals surface area contributed by atoms with Crippen molar-refractivity contribution in [1.82, 2.24) is 10.2 Å². The summed E-state index contributed by atoms with van der Waals surface area (Å²) >= 11 is 1.32. The first kappa shape index (κ1) is 15.9. The molecule has 0 spiro atoms. The van der Waals surface area contributed by atoms with Crippen LogP contribution in [0.5, 0.6) is 5.75 Å². The number of urea groups is 1. The smallest absolute Gasteiger partial charge is 0.325 e. The molecule has 1 heterocycles. The van der Waals surface area contributed by atoms with Crippen LogP contribution >= 0.6 is 11.3 Å². The first-order valence-electron chi connectivity index (χ1n) is 7.26. The fourth-order valence-electron chi connectivity index (χ4n) is 2.13. The van der Waals surface area contributed by atoms with Crippen molar-refractivity contribution < 1.29 is 9.53 Å². The van der Waals surface area contributed by atoms with E-state index in [4.69, 9.17) is 4.74 Å². The molecule has 0 saturated carbocycles. The molecule has 122 valence electrons. The number of hydrogen-bond acceptors (Lipinski definition) is 5. The SMILES string of the molecule is COc1cccc(NC(=O)Nc2nnc(-c3cccc(C)c3)s2)c1. The minimum Gasteiger partial charge on any atom is -0.497 e. The van der Waals surface area contributed by atoms with Crippen LogP contribution in [0.1, 0.15) is 5.56 Å². The monoisotopic (exact) mass is 340 g/mol. The third-order valence-electron chi connectivity index (χ3n) is 3.24. The standard InChI is InChI=1S/C17H16N4O2S/c1-11-5-3-6-12(9-11)15-20-21-17(24-15)19-16(22)18-13-7-4-8-14(10-13)23-2/h3-10H,1-2H3,(H2,18,19,21,22). The Bertz CT molecular complexity index is 863. The fraction of sp³-hybridized carbons (Fsp3) is 0.118. The maximum atomic E-state index is 12.1. The number of nitrogens with one attached hydrogen (secondary N) is 2. The van der Waals surface area contributed by atoms with E-state index in [9.17, 15) is 4.79 Å². The van der Waals surface area contributed by atoms with Gasteiger partial charge >= 0.3 is 6.03 Å². The molecule has 7 heteroatoms. The maximum Gasteiger partial charge on any atom is 0.325 e. The van der Waals surface area contributed by atoms with Crippen LogP contribution in [0, 0.1) is 6.92 Å². The van der Waals surface area contributed by atoms with E-state index in [1.54, 1.807) is 25.3 Å². The molecule has 0 unspecified atom stereocenters. The van der Waals surface area contributed by atoms with Gasteiger partial charge in [-0.1, -0.05) is 41.2 Å². The van der Waals surface area contributed by atoms with Gasteiger partial charge in [-0.3, -0.25) is 5.32 Å². The molecule has 3 aromatic rings. The van der Waals surface area contributed by atoms with Crippen LogP contribution in [-0.4, -0.2) is 23.3 Å². The van der Waals surface area contributed by atoms with E-state index in [0.29, 0.717) is 16.6 Å². The van der Waals surface area contributed by atoms with Crippen LogP contribution in [0.25, 0.3) is 10.6 Å². The summed E-state index contributed by atoms with van der Waals surface area (Å²) in [4.78, 5) is 12.1. The second-order valence-corrected chi connectivity index (χ2v) is 6.07. The number of carbonyl (C=O) groups is 1. The number of ether oxygens (including phenoxy) is 1. The number of aromatic nitrogens is 2. The topological polar surface area (TPSA) is 76.1 Å². The lowest BCUT2D eigenvalue weighted by molar-refractivity contribution is 0.262. The highest BCUT2D eigenvalue weighted by molar-refractivity contribution is 7.18. The number of anilines is 2. The third kappa shape index (κ3) is 3.88. The molecule has 0 radical (unpaired) electrons.